The SMILES string of the molecule is C=C(C)C(=O)OCCOc1c2ccccc2cc2ccc(SCC)cc12. The van der Waals surface area contributed by atoms with E-state index in [4.69, 9.17) is 9.47 Å². The number of rotatable bonds is 7. The maximum Gasteiger partial charge on any atom is 0.333 e. The summed E-state index contributed by atoms with van der Waals surface area (Å²) in [6.07, 6.45) is 0. The molecule has 0 aromatic heterocycles. The van der Waals surface area contributed by atoms with E-state index in [1.165, 1.54) is 4.90 Å². The minimum atomic E-state index is -0.391. The number of esters is 1. The molecule has 26 heavy (non-hydrogen) atoms. The van der Waals surface area contributed by atoms with Gasteiger partial charge in [-0.05, 0) is 41.6 Å². The number of hydrogen-bond acceptors (Lipinski definition) is 4. The monoisotopic (exact) mass is 366 g/mol. The Bertz CT molecular complexity index is 962. The van der Waals surface area contributed by atoms with Crippen molar-refractivity contribution < 1.29 is 14.3 Å². The lowest BCUT2D eigenvalue weighted by Gasteiger charge is -2.14. The highest BCUT2D eigenvalue weighted by Gasteiger charge is 2.11. The average Bonchev–Trinajstić information content (AvgIpc) is 2.64. The second-order valence-corrected chi connectivity index (χ2v) is 7.34. The maximum absolute atomic E-state index is 11.5. The van der Waals surface area contributed by atoms with Gasteiger partial charge in [-0.2, -0.15) is 0 Å². The van der Waals surface area contributed by atoms with Crippen LogP contribution >= 0.6 is 11.8 Å². The van der Waals surface area contributed by atoms with Gasteiger partial charge in [-0.25, -0.2) is 4.79 Å². The Morgan fingerprint density at radius 1 is 1.04 bits per heavy atom. The molecule has 0 N–H and O–H groups in total. The molecule has 0 aliphatic carbocycles. The summed E-state index contributed by atoms with van der Waals surface area (Å²) in [6, 6.07) is 16.8. The quantitative estimate of drug-likeness (QED) is 0.179. The number of benzene rings is 3. The van der Waals surface area contributed by atoms with Gasteiger partial charge in [-0.1, -0.05) is 43.8 Å². The molecular formula is C22H22O3S. The zero-order valence-electron chi connectivity index (χ0n) is 15.1. The molecule has 0 bridgehead atoms. The van der Waals surface area contributed by atoms with Gasteiger partial charge < -0.3 is 9.47 Å². The smallest absolute Gasteiger partial charge is 0.333 e. The van der Waals surface area contributed by atoms with Crippen molar-refractivity contribution in [1.82, 2.24) is 0 Å². The number of ether oxygens (including phenoxy) is 2. The molecule has 3 aromatic carbocycles. The predicted molar refractivity (Wildman–Crippen MR) is 109 cm³/mol. The minimum absolute atomic E-state index is 0.194. The molecule has 134 valence electrons. The molecule has 3 nitrogen and oxygen atoms in total. The van der Waals surface area contributed by atoms with Crippen LogP contribution in [0.25, 0.3) is 21.5 Å². The van der Waals surface area contributed by atoms with Crippen LogP contribution in [0.15, 0.2) is 65.6 Å². The fourth-order valence-corrected chi connectivity index (χ4v) is 3.51. The van der Waals surface area contributed by atoms with Crippen LogP contribution in [0.1, 0.15) is 13.8 Å². The molecule has 0 saturated carbocycles. The molecule has 0 spiro atoms. The Hall–Kier alpha value is -2.46. The van der Waals surface area contributed by atoms with Gasteiger partial charge >= 0.3 is 5.97 Å². The second kappa shape index (κ2) is 8.28. The first-order valence-corrected chi connectivity index (χ1v) is 9.62. The lowest BCUT2D eigenvalue weighted by Crippen LogP contribution is -2.12. The van der Waals surface area contributed by atoms with Crippen molar-refractivity contribution in [1.29, 1.82) is 0 Å². The summed E-state index contributed by atoms with van der Waals surface area (Å²) >= 11 is 1.81. The third-order valence-electron chi connectivity index (χ3n) is 4.01. The summed E-state index contributed by atoms with van der Waals surface area (Å²) < 4.78 is 11.2. The summed E-state index contributed by atoms with van der Waals surface area (Å²) in [5, 5.41) is 4.40. The van der Waals surface area contributed by atoms with E-state index in [2.05, 4.69) is 49.9 Å². The van der Waals surface area contributed by atoms with Gasteiger partial charge in [-0.3, -0.25) is 0 Å². The fourth-order valence-electron chi connectivity index (χ4n) is 2.81. The van der Waals surface area contributed by atoms with Crippen molar-refractivity contribution >= 4 is 39.3 Å². The Kier molecular flexibility index (Phi) is 5.84. The Morgan fingerprint density at radius 3 is 2.58 bits per heavy atom. The van der Waals surface area contributed by atoms with E-state index in [1.54, 1.807) is 18.7 Å². The molecule has 0 saturated heterocycles. The summed E-state index contributed by atoms with van der Waals surface area (Å²) in [7, 11) is 0. The average molecular weight is 366 g/mol. The molecule has 0 aliphatic rings. The molecular weight excluding hydrogens is 344 g/mol. The highest BCUT2D eigenvalue weighted by molar-refractivity contribution is 7.99. The lowest BCUT2D eigenvalue weighted by molar-refractivity contribution is -0.139. The van der Waals surface area contributed by atoms with Crippen molar-refractivity contribution in [3.63, 3.8) is 0 Å². The van der Waals surface area contributed by atoms with Crippen molar-refractivity contribution in [3.05, 3.63) is 60.7 Å². The molecule has 3 rings (SSSR count). The van der Waals surface area contributed by atoms with Crippen molar-refractivity contribution in [2.75, 3.05) is 19.0 Å². The third kappa shape index (κ3) is 4.02. The Morgan fingerprint density at radius 2 is 1.81 bits per heavy atom. The molecule has 0 atom stereocenters. The zero-order chi connectivity index (χ0) is 18.5. The highest BCUT2D eigenvalue weighted by Crippen LogP contribution is 2.37. The Labute approximate surface area is 158 Å². The fraction of sp³-hybridized carbons (Fsp3) is 0.227. The van der Waals surface area contributed by atoms with Crippen LogP contribution in [0.2, 0.25) is 0 Å². The van der Waals surface area contributed by atoms with Gasteiger partial charge in [0, 0.05) is 21.2 Å². The lowest BCUT2D eigenvalue weighted by atomic mass is 10.0. The minimum Gasteiger partial charge on any atom is -0.489 e. The van der Waals surface area contributed by atoms with Crippen LogP contribution in [0, 0.1) is 0 Å². The molecule has 3 aromatic rings. The van der Waals surface area contributed by atoms with E-state index in [-0.39, 0.29) is 6.61 Å². The van der Waals surface area contributed by atoms with E-state index >= 15 is 0 Å². The molecule has 0 radical (unpaired) electrons. The van der Waals surface area contributed by atoms with E-state index in [0.29, 0.717) is 12.2 Å². The first-order chi connectivity index (χ1) is 12.6. The molecule has 4 heteroatoms. The van der Waals surface area contributed by atoms with E-state index < -0.39 is 5.97 Å². The molecule has 0 heterocycles. The van der Waals surface area contributed by atoms with Crippen LogP contribution in [-0.2, 0) is 9.53 Å². The van der Waals surface area contributed by atoms with E-state index in [9.17, 15) is 4.79 Å². The van der Waals surface area contributed by atoms with Gasteiger partial charge in [-0.15, -0.1) is 11.8 Å². The largest absolute Gasteiger partial charge is 0.489 e. The summed E-state index contributed by atoms with van der Waals surface area (Å²) in [5.41, 5.74) is 0.391. The van der Waals surface area contributed by atoms with Crippen molar-refractivity contribution in [2.24, 2.45) is 0 Å². The van der Waals surface area contributed by atoms with Gasteiger partial charge in [0.15, 0.2) is 0 Å². The van der Waals surface area contributed by atoms with Crippen LogP contribution in [-0.4, -0.2) is 24.9 Å². The first kappa shape index (κ1) is 18.3. The standard InChI is InChI=1S/C22H22O3S/c1-4-26-18-10-9-17-13-16-7-5-6-8-19(16)21(20(17)14-18)24-11-12-25-22(23)15(2)3/h5-10,13-14H,2,4,11-12H2,1,3H3. The van der Waals surface area contributed by atoms with Crippen LogP contribution in [0.5, 0.6) is 5.75 Å². The summed E-state index contributed by atoms with van der Waals surface area (Å²) in [6.45, 7) is 7.85. The molecule has 0 fully saturated rings. The van der Waals surface area contributed by atoms with Crippen LogP contribution in [0.3, 0.4) is 0 Å². The predicted octanol–water partition coefficient (Wildman–Crippen LogP) is 5.60. The van der Waals surface area contributed by atoms with Crippen molar-refractivity contribution in [3.8, 4) is 5.75 Å². The summed E-state index contributed by atoms with van der Waals surface area (Å²) in [4.78, 5) is 12.7. The number of fused-ring (bicyclic) bond motifs is 2. The van der Waals surface area contributed by atoms with Crippen molar-refractivity contribution in [2.45, 2.75) is 18.7 Å². The number of thioether (sulfide) groups is 1. The van der Waals surface area contributed by atoms with E-state index in [0.717, 1.165) is 33.0 Å². The third-order valence-corrected chi connectivity index (χ3v) is 4.88. The van der Waals surface area contributed by atoms with Gasteiger partial charge in [0.1, 0.15) is 19.0 Å². The summed E-state index contributed by atoms with van der Waals surface area (Å²) in [5.74, 6) is 1.47. The first-order valence-electron chi connectivity index (χ1n) is 8.64. The van der Waals surface area contributed by atoms with Crippen LogP contribution < -0.4 is 4.74 Å². The molecule has 0 aliphatic heterocycles. The maximum atomic E-state index is 11.5. The number of carbonyl (C=O) groups excluding carboxylic acids is 1. The topological polar surface area (TPSA) is 35.5 Å². The van der Waals surface area contributed by atoms with Gasteiger partial charge in [0.25, 0.3) is 0 Å². The Balaban J connectivity index is 1.94. The number of hydrogen-bond donors (Lipinski definition) is 0. The number of carbonyl (C=O) groups is 1. The normalized spacial score (nSPS) is 10.8. The highest BCUT2D eigenvalue weighted by atomic mass is 32.2. The second-order valence-electron chi connectivity index (χ2n) is 6.01. The van der Waals surface area contributed by atoms with Gasteiger partial charge in [0.2, 0.25) is 0 Å². The molecule has 0 amide bonds. The van der Waals surface area contributed by atoms with Crippen LogP contribution in [0.4, 0.5) is 0 Å². The molecule has 0 unspecified atom stereocenters. The van der Waals surface area contributed by atoms with Gasteiger partial charge in [0.05, 0.1) is 0 Å². The zero-order valence-corrected chi connectivity index (χ0v) is 15.9. The van der Waals surface area contributed by atoms with E-state index in [1.807, 2.05) is 12.1 Å².